The van der Waals surface area contributed by atoms with Crippen LogP contribution in [0.15, 0.2) is 17.7 Å². The topological polar surface area (TPSA) is 25.8 Å². The molecule has 0 N–H and O–H groups in total. The summed E-state index contributed by atoms with van der Waals surface area (Å²) in [5, 5.41) is 0.541. The molecule has 0 atom stereocenters. The predicted octanol–water partition coefficient (Wildman–Crippen LogP) is 2.34. The first-order valence-electron chi connectivity index (χ1n) is 3.99. The summed E-state index contributed by atoms with van der Waals surface area (Å²) in [7, 11) is 0. The summed E-state index contributed by atoms with van der Waals surface area (Å²) >= 11 is 6.74. The lowest BCUT2D eigenvalue weighted by Gasteiger charge is -1.87. The van der Waals surface area contributed by atoms with Crippen LogP contribution >= 0.6 is 22.9 Å². The fourth-order valence-electron chi connectivity index (χ4n) is 0.618. The first-order valence-corrected chi connectivity index (χ1v) is 3.69. The average Bonchev–Trinajstić information content (AvgIpc) is 2.27. The summed E-state index contributed by atoms with van der Waals surface area (Å²) in [6, 6.07) is 0.0324. The van der Waals surface area contributed by atoms with E-state index >= 15 is 0 Å². The lowest BCUT2D eigenvalue weighted by Crippen LogP contribution is -1.76. The van der Waals surface area contributed by atoms with E-state index in [4.69, 9.17) is 15.7 Å². The van der Waals surface area contributed by atoms with Crippen molar-refractivity contribution in [2.45, 2.75) is 0 Å². The molecule has 0 aliphatic heterocycles. The van der Waals surface area contributed by atoms with Crippen molar-refractivity contribution < 1.29 is 4.11 Å². The molecule has 0 spiro atoms. The lowest BCUT2D eigenvalue weighted by molar-refractivity contribution is 1.23. The van der Waals surface area contributed by atoms with Crippen LogP contribution in [-0.4, -0.2) is 9.97 Å². The Morgan fingerprint density at radius 1 is 1.60 bits per heavy atom. The quantitative estimate of drug-likeness (QED) is 0.572. The molecule has 0 aliphatic rings. The summed E-state index contributed by atoms with van der Waals surface area (Å²) in [5.41, 5.74) is 0. The Balaban J connectivity index is 2.94. The van der Waals surface area contributed by atoms with Crippen molar-refractivity contribution >= 4 is 33.2 Å². The lowest BCUT2D eigenvalue weighted by atomic mass is 10.4. The molecule has 0 bridgehead atoms. The highest BCUT2D eigenvalue weighted by Gasteiger charge is 1.99. The van der Waals surface area contributed by atoms with Gasteiger partial charge >= 0.3 is 0 Å². The largest absolute Gasteiger partial charge is 0.225 e. The number of halogens is 1. The Kier molecular flexibility index (Phi) is 0.794. The standard InChI is InChI=1S/C6H3ClN2S/c7-5-4-1-2-10-6(4)9-3-8-5/h1-3H/i1D,2D,3D. The van der Waals surface area contributed by atoms with Crippen molar-refractivity contribution in [3.63, 3.8) is 0 Å². The van der Waals surface area contributed by atoms with Crippen molar-refractivity contribution in [1.82, 2.24) is 9.97 Å². The highest BCUT2D eigenvalue weighted by Crippen LogP contribution is 2.22. The molecule has 0 amide bonds. The molecule has 0 saturated heterocycles. The van der Waals surface area contributed by atoms with Crippen LogP contribution < -0.4 is 0 Å². The van der Waals surface area contributed by atoms with Gasteiger partial charge in [-0.2, -0.15) is 0 Å². The maximum atomic E-state index is 7.48. The van der Waals surface area contributed by atoms with Gasteiger partial charge in [-0.15, -0.1) is 11.3 Å². The Morgan fingerprint density at radius 3 is 3.40 bits per heavy atom. The Hall–Kier alpha value is -0.670. The van der Waals surface area contributed by atoms with E-state index in [0.29, 0.717) is 10.2 Å². The molecular formula is C6H3ClN2S. The SMILES string of the molecule is [2H]c1nc(Cl)c2c([2H])c([2H])sc2n1. The van der Waals surface area contributed by atoms with Gasteiger partial charge in [-0.3, -0.25) is 0 Å². The van der Waals surface area contributed by atoms with Crippen LogP contribution in [0.5, 0.6) is 0 Å². The molecule has 0 aliphatic carbocycles. The van der Waals surface area contributed by atoms with Crippen LogP contribution in [0.2, 0.25) is 5.15 Å². The maximum Gasteiger partial charge on any atom is 0.141 e. The van der Waals surface area contributed by atoms with Crippen LogP contribution in [0.3, 0.4) is 0 Å². The molecule has 0 fully saturated rings. The summed E-state index contributed by atoms with van der Waals surface area (Å²) in [6.07, 6.45) is -0.182. The van der Waals surface area contributed by atoms with Gasteiger partial charge in [0.15, 0.2) is 0 Å². The summed E-state index contributed by atoms with van der Waals surface area (Å²) in [5.74, 6) is 0. The van der Waals surface area contributed by atoms with Crippen molar-refractivity contribution in [1.29, 1.82) is 0 Å². The molecule has 2 aromatic heterocycles. The average molecular weight is 174 g/mol. The molecular weight excluding hydrogens is 168 g/mol. The van der Waals surface area contributed by atoms with Crippen molar-refractivity contribution in [3.8, 4) is 0 Å². The number of hydrogen-bond donors (Lipinski definition) is 0. The zero-order chi connectivity index (χ0) is 9.59. The molecule has 50 valence electrons. The fourth-order valence-corrected chi connectivity index (χ4v) is 1.43. The number of thiophene rings is 1. The van der Waals surface area contributed by atoms with Crippen molar-refractivity contribution in [2.75, 3.05) is 0 Å². The van der Waals surface area contributed by atoms with Crippen LogP contribution in [0.25, 0.3) is 10.2 Å². The van der Waals surface area contributed by atoms with Gasteiger partial charge in [0.2, 0.25) is 0 Å². The molecule has 4 heteroatoms. The monoisotopic (exact) mass is 173 g/mol. The first kappa shape index (κ1) is 3.64. The van der Waals surface area contributed by atoms with Gasteiger partial charge in [0.05, 0.1) is 2.74 Å². The summed E-state index contributed by atoms with van der Waals surface area (Å²) in [4.78, 5) is 7.80. The van der Waals surface area contributed by atoms with Gasteiger partial charge in [-0.1, -0.05) is 11.6 Å². The molecule has 2 rings (SSSR count). The Bertz CT molecular complexity index is 484. The smallest absolute Gasteiger partial charge is 0.141 e. The zero-order valence-corrected chi connectivity index (χ0v) is 6.25. The molecule has 0 unspecified atom stereocenters. The van der Waals surface area contributed by atoms with E-state index in [1.165, 1.54) is 0 Å². The molecule has 0 saturated carbocycles. The Morgan fingerprint density at radius 2 is 2.50 bits per heavy atom. The highest BCUT2D eigenvalue weighted by atomic mass is 35.5. The van der Waals surface area contributed by atoms with E-state index in [9.17, 15) is 0 Å². The molecule has 0 radical (unpaired) electrons. The number of rotatable bonds is 0. The van der Waals surface area contributed by atoms with Gasteiger partial charge in [0, 0.05) is 5.39 Å². The van der Waals surface area contributed by atoms with E-state index in [1.54, 1.807) is 0 Å². The van der Waals surface area contributed by atoms with E-state index in [1.807, 2.05) is 0 Å². The van der Waals surface area contributed by atoms with Crippen LogP contribution in [0.1, 0.15) is 4.11 Å². The second-order valence-electron chi connectivity index (χ2n) is 1.62. The molecule has 2 heterocycles. The van der Waals surface area contributed by atoms with Crippen molar-refractivity contribution in [3.05, 3.63) is 22.9 Å². The number of fused-ring (bicyclic) bond motifs is 1. The van der Waals surface area contributed by atoms with Crippen LogP contribution in [0, 0.1) is 0 Å². The minimum Gasteiger partial charge on any atom is -0.225 e. The third kappa shape index (κ3) is 0.786. The second-order valence-corrected chi connectivity index (χ2v) is 2.78. The zero-order valence-electron chi connectivity index (χ0n) is 7.68. The summed E-state index contributed by atoms with van der Waals surface area (Å²) < 4.78 is 22.0. The molecule has 10 heavy (non-hydrogen) atoms. The van der Waals surface area contributed by atoms with E-state index in [2.05, 4.69) is 9.97 Å². The molecule has 2 aromatic rings. The molecule has 0 aromatic carbocycles. The van der Waals surface area contributed by atoms with Crippen molar-refractivity contribution in [2.24, 2.45) is 0 Å². The van der Waals surface area contributed by atoms with E-state index < -0.39 is 0 Å². The van der Waals surface area contributed by atoms with Gasteiger partial charge in [-0.25, -0.2) is 9.97 Å². The minimum atomic E-state index is -0.182. The van der Waals surface area contributed by atoms with Crippen LogP contribution in [0.4, 0.5) is 0 Å². The van der Waals surface area contributed by atoms with Gasteiger partial charge in [0.25, 0.3) is 0 Å². The predicted molar refractivity (Wildman–Crippen MR) is 42.4 cm³/mol. The van der Waals surface area contributed by atoms with E-state index in [0.717, 1.165) is 11.3 Å². The van der Waals surface area contributed by atoms with Crippen LogP contribution in [-0.2, 0) is 0 Å². The molecule has 2 nitrogen and oxygen atoms in total. The Labute approximate surface area is 70.7 Å². The first-order chi connectivity index (χ1) is 6.09. The fraction of sp³-hybridized carbons (Fsp3) is 0. The normalized spacial score (nSPS) is 14.7. The van der Waals surface area contributed by atoms with Gasteiger partial charge < -0.3 is 0 Å². The maximum absolute atomic E-state index is 7.48. The minimum absolute atomic E-state index is 0.0324. The number of nitrogens with zero attached hydrogens (tertiary/aromatic N) is 2. The summed E-state index contributed by atoms with van der Waals surface area (Å²) in [6.45, 7) is 0. The van der Waals surface area contributed by atoms with E-state index in [-0.39, 0.29) is 22.9 Å². The third-order valence-electron chi connectivity index (χ3n) is 1.04. The second kappa shape index (κ2) is 2.18. The third-order valence-corrected chi connectivity index (χ3v) is 2.01. The van der Waals surface area contributed by atoms with Gasteiger partial charge in [0.1, 0.15) is 17.7 Å². The number of hydrogen-bond acceptors (Lipinski definition) is 3. The van der Waals surface area contributed by atoms with Gasteiger partial charge in [-0.05, 0) is 11.4 Å². The highest BCUT2D eigenvalue weighted by molar-refractivity contribution is 7.16. The number of aromatic nitrogens is 2.